The van der Waals surface area contributed by atoms with E-state index in [1.807, 2.05) is 18.2 Å². The summed E-state index contributed by atoms with van der Waals surface area (Å²) in [6, 6.07) is 5.89. The minimum Gasteiger partial charge on any atom is -0.399 e. The van der Waals surface area contributed by atoms with E-state index in [2.05, 4.69) is 23.9 Å². The number of hydrogen-bond acceptors (Lipinski definition) is 4. The van der Waals surface area contributed by atoms with Gasteiger partial charge in [-0.25, -0.2) is 4.98 Å². The number of hydrogen-bond donors (Lipinski definition) is 1. The van der Waals surface area contributed by atoms with Crippen molar-refractivity contribution in [2.24, 2.45) is 0 Å². The van der Waals surface area contributed by atoms with E-state index in [1.165, 1.54) is 24.0 Å². The van der Waals surface area contributed by atoms with Gasteiger partial charge < -0.3 is 10.6 Å². The highest BCUT2D eigenvalue weighted by atomic mass is 32.1. The lowest BCUT2D eigenvalue weighted by Gasteiger charge is -2.14. The molecule has 3 nitrogen and oxygen atoms in total. The molecule has 0 amide bonds. The summed E-state index contributed by atoms with van der Waals surface area (Å²) >= 11 is 1.71. The molecule has 0 radical (unpaired) electrons. The second-order valence-electron chi connectivity index (χ2n) is 4.35. The first-order chi connectivity index (χ1) is 8.20. The summed E-state index contributed by atoms with van der Waals surface area (Å²) in [7, 11) is 2.11. The number of thiazole rings is 1. The van der Waals surface area contributed by atoms with Crippen LogP contribution in [0.3, 0.4) is 0 Å². The van der Waals surface area contributed by atoms with Gasteiger partial charge in [-0.2, -0.15) is 0 Å². The molecule has 0 unspecified atom stereocenters. The van der Waals surface area contributed by atoms with E-state index >= 15 is 0 Å². The Morgan fingerprint density at radius 3 is 2.94 bits per heavy atom. The molecule has 0 spiro atoms. The van der Waals surface area contributed by atoms with Crippen molar-refractivity contribution >= 4 is 32.4 Å². The molecule has 0 saturated heterocycles. The fourth-order valence-electron chi connectivity index (χ4n) is 1.79. The molecule has 17 heavy (non-hydrogen) atoms. The zero-order valence-electron chi connectivity index (χ0n) is 10.4. The second kappa shape index (κ2) is 5.36. The summed E-state index contributed by atoms with van der Waals surface area (Å²) in [5.74, 6) is 0. The Morgan fingerprint density at radius 1 is 1.35 bits per heavy atom. The third kappa shape index (κ3) is 2.88. The fourth-order valence-corrected chi connectivity index (χ4v) is 2.79. The molecule has 0 fully saturated rings. The van der Waals surface area contributed by atoms with Gasteiger partial charge in [-0.1, -0.05) is 31.1 Å². The van der Waals surface area contributed by atoms with E-state index in [0.717, 1.165) is 22.9 Å². The van der Waals surface area contributed by atoms with Crippen LogP contribution in [0, 0.1) is 0 Å². The summed E-state index contributed by atoms with van der Waals surface area (Å²) in [5, 5.41) is 1.08. The zero-order valence-corrected chi connectivity index (χ0v) is 11.3. The first-order valence-corrected chi connectivity index (χ1v) is 6.89. The van der Waals surface area contributed by atoms with Gasteiger partial charge in [0.05, 0.1) is 10.2 Å². The molecule has 1 aromatic heterocycles. The lowest BCUT2D eigenvalue weighted by molar-refractivity contribution is 0.704. The van der Waals surface area contributed by atoms with E-state index < -0.39 is 0 Å². The standard InChI is InChI=1S/C13H19N3S/c1-3-4-5-8-16(2)13-15-11-7-6-10(14)9-12(11)17-13/h6-7,9H,3-5,8,14H2,1-2H3. The molecule has 0 aliphatic carbocycles. The van der Waals surface area contributed by atoms with Crippen LogP contribution in [0.1, 0.15) is 26.2 Å². The smallest absolute Gasteiger partial charge is 0.186 e. The maximum Gasteiger partial charge on any atom is 0.186 e. The lowest BCUT2D eigenvalue weighted by atomic mass is 10.2. The van der Waals surface area contributed by atoms with Crippen LogP contribution in [-0.2, 0) is 0 Å². The highest BCUT2D eigenvalue weighted by molar-refractivity contribution is 7.22. The number of anilines is 2. The number of unbranched alkanes of at least 4 members (excludes halogenated alkanes) is 2. The first-order valence-electron chi connectivity index (χ1n) is 6.08. The van der Waals surface area contributed by atoms with Crippen molar-refractivity contribution in [1.82, 2.24) is 4.98 Å². The highest BCUT2D eigenvalue weighted by Crippen LogP contribution is 2.29. The molecule has 1 aromatic carbocycles. The molecule has 2 rings (SSSR count). The van der Waals surface area contributed by atoms with Crippen LogP contribution >= 0.6 is 11.3 Å². The number of nitrogen functional groups attached to an aromatic ring is 1. The summed E-state index contributed by atoms with van der Waals surface area (Å²) in [5.41, 5.74) is 7.62. The van der Waals surface area contributed by atoms with Crippen LogP contribution in [0.2, 0.25) is 0 Å². The lowest BCUT2D eigenvalue weighted by Crippen LogP contribution is -2.17. The van der Waals surface area contributed by atoms with Crippen molar-refractivity contribution in [1.29, 1.82) is 0 Å². The second-order valence-corrected chi connectivity index (χ2v) is 5.36. The number of fused-ring (bicyclic) bond motifs is 1. The largest absolute Gasteiger partial charge is 0.399 e. The van der Waals surface area contributed by atoms with Crippen molar-refractivity contribution in [2.45, 2.75) is 26.2 Å². The van der Waals surface area contributed by atoms with Gasteiger partial charge in [0.1, 0.15) is 0 Å². The molecule has 2 aromatic rings. The number of nitrogens with zero attached hydrogens (tertiary/aromatic N) is 2. The predicted octanol–water partition coefficient (Wildman–Crippen LogP) is 3.50. The molecule has 0 bridgehead atoms. The third-order valence-corrected chi connectivity index (χ3v) is 3.96. The van der Waals surface area contributed by atoms with E-state index in [9.17, 15) is 0 Å². The van der Waals surface area contributed by atoms with Crippen molar-refractivity contribution < 1.29 is 0 Å². The number of benzene rings is 1. The van der Waals surface area contributed by atoms with Gasteiger partial charge in [-0.05, 0) is 24.6 Å². The van der Waals surface area contributed by atoms with E-state index in [1.54, 1.807) is 11.3 Å². The monoisotopic (exact) mass is 249 g/mol. The van der Waals surface area contributed by atoms with Crippen LogP contribution in [0.25, 0.3) is 10.2 Å². The fraction of sp³-hybridized carbons (Fsp3) is 0.462. The first kappa shape index (κ1) is 12.2. The summed E-state index contributed by atoms with van der Waals surface area (Å²) in [6.07, 6.45) is 3.76. The number of aromatic nitrogens is 1. The van der Waals surface area contributed by atoms with Gasteiger partial charge in [0.25, 0.3) is 0 Å². The number of rotatable bonds is 5. The molecule has 4 heteroatoms. The minimum atomic E-state index is 0.807. The molecule has 0 aliphatic heterocycles. The maximum atomic E-state index is 5.77. The molecule has 0 atom stereocenters. The Balaban J connectivity index is 2.12. The molecule has 92 valence electrons. The van der Waals surface area contributed by atoms with Gasteiger partial charge in [0, 0.05) is 19.3 Å². The Morgan fingerprint density at radius 2 is 2.18 bits per heavy atom. The van der Waals surface area contributed by atoms with Crippen molar-refractivity contribution in [3.05, 3.63) is 18.2 Å². The highest BCUT2D eigenvalue weighted by Gasteiger charge is 2.07. The molecular weight excluding hydrogens is 230 g/mol. The maximum absolute atomic E-state index is 5.77. The summed E-state index contributed by atoms with van der Waals surface area (Å²) in [6.45, 7) is 3.30. The SMILES string of the molecule is CCCCCN(C)c1nc2ccc(N)cc2s1. The van der Waals surface area contributed by atoms with Gasteiger partial charge in [0.2, 0.25) is 0 Å². The summed E-state index contributed by atoms with van der Waals surface area (Å²) in [4.78, 5) is 6.85. The average molecular weight is 249 g/mol. The number of nitrogens with two attached hydrogens (primary N) is 1. The normalized spacial score (nSPS) is 10.9. The van der Waals surface area contributed by atoms with Crippen molar-refractivity contribution in [3.63, 3.8) is 0 Å². The van der Waals surface area contributed by atoms with E-state index in [0.29, 0.717) is 0 Å². The molecular formula is C13H19N3S. The van der Waals surface area contributed by atoms with Gasteiger partial charge >= 0.3 is 0 Å². The Kier molecular flexibility index (Phi) is 3.84. The van der Waals surface area contributed by atoms with Crippen LogP contribution in [-0.4, -0.2) is 18.6 Å². The topological polar surface area (TPSA) is 42.2 Å². The van der Waals surface area contributed by atoms with E-state index in [-0.39, 0.29) is 0 Å². The summed E-state index contributed by atoms with van der Waals surface area (Å²) < 4.78 is 1.17. The molecule has 1 heterocycles. The molecule has 0 saturated carbocycles. The van der Waals surface area contributed by atoms with Crippen LogP contribution in [0.4, 0.5) is 10.8 Å². The van der Waals surface area contributed by atoms with Crippen molar-refractivity contribution in [3.8, 4) is 0 Å². The van der Waals surface area contributed by atoms with Gasteiger partial charge in [-0.3, -0.25) is 0 Å². The van der Waals surface area contributed by atoms with Gasteiger partial charge in [0.15, 0.2) is 5.13 Å². The third-order valence-electron chi connectivity index (χ3n) is 2.82. The zero-order chi connectivity index (χ0) is 12.3. The van der Waals surface area contributed by atoms with Crippen LogP contribution in [0.15, 0.2) is 18.2 Å². The van der Waals surface area contributed by atoms with Crippen LogP contribution in [0.5, 0.6) is 0 Å². The Hall–Kier alpha value is -1.29. The minimum absolute atomic E-state index is 0.807. The quantitative estimate of drug-likeness (QED) is 0.651. The molecule has 0 aliphatic rings. The Bertz CT molecular complexity index is 492. The average Bonchev–Trinajstić information content (AvgIpc) is 2.72. The van der Waals surface area contributed by atoms with E-state index in [4.69, 9.17) is 5.73 Å². The van der Waals surface area contributed by atoms with Crippen LogP contribution < -0.4 is 10.6 Å². The predicted molar refractivity (Wildman–Crippen MR) is 76.8 cm³/mol. The van der Waals surface area contributed by atoms with Gasteiger partial charge in [-0.15, -0.1) is 0 Å². The van der Waals surface area contributed by atoms with Crippen molar-refractivity contribution in [2.75, 3.05) is 24.2 Å². The Labute approximate surface area is 106 Å². The molecule has 2 N–H and O–H groups in total.